The summed E-state index contributed by atoms with van der Waals surface area (Å²) in [4.78, 5) is 35.8. The number of hydrogen-bond donors (Lipinski definition) is 3. The van der Waals surface area contributed by atoms with Gasteiger partial charge in [0.25, 0.3) is 0 Å². The van der Waals surface area contributed by atoms with Crippen molar-refractivity contribution < 1.29 is 29.0 Å². The highest BCUT2D eigenvalue weighted by Gasteiger charge is 2.29. The van der Waals surface area contributed by atoms with Gasteiger partial charge in [-0.25, -0.2) is 9.59 Å². The SMILES string of the molecule is COCCC(NC(=O)[C@H](C)NC(=O)OCC1c2ccccc2-c2ccccc21)C(=O)O. The van der Waals surface area contributed by atoms with Gasteiger partial charge in [-0.1, -0.05) is 48.5 Å². The fourth-order valence-electron chi connectivity index (χ4n) is 3.67. The first kappa shape index (κ1) is 22.3. The molecule has 0 radical (unpaired) electrons. The van der Waals surface area contributed by atoms with Crippen LogP contribution in [0.2, 0.25) is 0 Å². The number of alkyl carbamates (subject to hydrolysis) is 1. The molecule has 0 saturated heterocycles. The van der Waals surface area contributed by atoms with Gasteiger partial charge in [-0.3, -0.25) is 4.79 Å². The van der Waals surface area contributed by atoms with Crippen molar-refractivity contribution in [3.8, 4) is 11.1 Å². The van der Waals surface area contributed by atoms with E-state index in [4.69, 9.17) is 9.47 Å². The molecule has 1 aliphatic carbocycles. The topological polar surface area (TPSA) is 114 Å². The van der Waals surface area contributed by atoms with Crippen LogP contribution in [-0.2, 0) is 19.1 Å². The minimum atomic E-state index is -1.17. The predicted octanol–water partition coefficient (Wildman–Crippen LogP) is 2.52. The van der Waals surface area contributed by atoms with Gasteiger partial charge in [0.15, 0.2) is 0 Å². The maximum atomic E-state index is 12.3. The van der Waals surface area contributed by atoms with Gasteiger partial charge in [-0.05, 0) is 29.2 Å². The molecule has 2 aromatic rings. The lowest BCUT2D eigenvalue weighted by molar-refractivity contribution is -0.142. The zero-order valence-corrected chi connectivity index (χ0v) is 17.5. The third kappa shape index (κ3) is 5.21. The number of carboxylic acids is 1. The average molecular weight is 426 g/mol. The molecule has 1 aliphatic rings. The van der Waals surface area contributed by atoms with Crippen LogP contribution in [0.3, 0.4) is 0 Å². The van der Waals surface area contributed by atoms with Gasteiger partial charge in [0.2, 0.25) is 5.91 Å². The minimum Gasteiger partial charge on any atom is -0.480 e. The van der Waals surface area contributed by atoms with E-state index in [0.717, 1.165) is 22.3 Å². The molecule has 0 bridgehead atoms. The van der Waals surface area contributed by atoms with Crippen LogP contribution in [0.4, 0.5) is 4.79 Å². The van der Waals surface area contributed by atoms with Crippen molar-refractivity contribution in [3.63, 3.8) is 0 Å². The lowest BCUT2D eigenvalue weighted by Gasteiger charge is -2.19. The number of benzene rings is 2. The Morgan fingerprint density at radius 2 is 1.58 bits per heavy atom. The minimum absolute atomic E-state index is 0.0901. The highest BCUT2D eigenvalue weighted by molar-refractivity contribution is 5.89. The van der Waals surface area contributed by atoms with E-state index in [1.54, 1.807) is 0 Å². The van der Waals surface area contributed by atoms with E-state index in [1.807, 2.05) is 48.5 Å². The predicted molar refractivity (Wildman–Crippen MR) is 114 cm³/mol. The Morgan fingerprint density at radius 1 is 1.00 bits per heavy atom. The molecule has 8 nitrogen and oxygen atoms in total. The van der Waals surface area contributed by atoms with E-state index in [2.05, 4.69) is 10.6 Å². The van der Waals surface area contributed by atoms with E-state index < -0.39 is 30.1 Å². The fourth-order valence-corrected chi connectivity index (χ4v) is 3.67. The largest absolute Gasteiger partial charge is 0.480 e. The zero-order chi connectivity index (χ0) is 22.4. The van der Waals surface area contributed by atoms with Crippen LogP contribution in [0.15, 0.2) is 48.5 Å². The van der Waals surface area contributed by atoms with Gasteiger partial charge < -0.3 is 25.2 Å². The second-order valence-electron chi connectivity index (χ2n) is 7.37. The monoisotopic (exact) mass is 426 g/mol. The summed E-state index contributed by atoms with van der Waals surface area (Å²) in [5.74, 6) is -1.87. The molecule has 2 atom stereocenters. The van der Waals surface area contributed by atoms with Gasteiger partial charge in [0, 0.05) is 26.1 Å². The summed E-state index contributed by atoms with van der Waals surface area (Å²) < 4.78 is 10.3. The van der Waals surface area contributed by atoms with Crippen LogP contribution in [0.1, 0.15) is 30.4 Å². The molecule has 164 valence electrons. The van der Waals surface area contributed by atoms with Crippen LogP contribution in [0.25, 0.3) is 11.1 Å². The normalized spacial score (nSPS) is 14.1. The molecule has 31 heavy (non-hydrogen) atoms. The van der Waals surface area contributed by atoms with Crippen molar-refractivity contribution >= 4 is 18.0 Å². The van der Waals surface area contributed by atoms with Crippen molar-refractivity contribution in [1.29, 1.82) is 0 Å². The first-order valence-corrected chi connectivity index (χ1v) is 10.1. The highest BCUT2D eigenvalue weighted by Crippen LogP contribution is 2.44. The summed E-state index contributed by atoms with van der Waals surface area (Å²) >= 11 is 0. The van der Waals surface area contributed by atoms with Gasteiger partial charge in [0.1, 0.15) is 18.7 Å². The van der Waals surface area contributed by atoms with Gasteiger partial charge >= 0.3 is 12.1 Å². The molecule has 0 spiro atoms. The van der Waals surface area contributed by atoms with Crippen LogP contribution in [-0.4, -0.2) is 55.5 Å². The Balaban J connectivity index is 1.57. The maximum Gasteiger partial charge on any atom is 0.407 e. The fraction of sp³-hybridized carbons (Fsp3) is 0.348. The molecule has 0 aromatic heterocycles. The van der Waals surface area contributed by atoms with E-state index in [9.17, 15) is 19.5 Å². The zero-order valence-electron chi connectivity index (χ0n) is 17.5. The van der Waals surface area contributed by atoms with Crippen molar-refractivity contribution in [3.05, 3.63) is 59.7 Å². The number of rotatable bonds is 9. The molecule has 0 aliphatic heterocycles. The Hall–Kier alpha value is -3.39. The van der Waals surface area contributed by atoms with Crippen molar-refractivity contribution in [2.24, 2.45) is 0 Å². The van der Waals surface area contributed by atoms with Crippen LogP contribution in [0.5, 0.6) is 0 Å². The second-order valence-corrected chi connectivity index (χ2v) is 7.37. The van der Waals surface area contributed by atoms with Crippen molar-refractivity contribution in [2.45, 2.75) is 31.3 Å². The van der Waals surface area contributed by atoms with E-state index in [1.165, 1.54) is 14.0 Å². The Bertz CT molecular complexity index is 915. The number of nitrogens with one attached hydrogen (secondary N) is 2. The molecule has 2 aromatic carbocycles. The quantitative estimate of drug-likeness (QED) is 0.568. The third-order valence-electron chi connectivity index (χ3n) is 5.30. The molecule has 0 saturated carbocycles. The number of hydrogen-bond acceptors (Lipinski definition) is 5. The number of carboxylic acid groups (broad SMARTS) is 1. The molecule has 2 amide bonds. The Kier molecular flexibility index (Phi) is 7.25. The molecular formula is C23H26N2O6. The number of fused-ring (bicyclic) bond motifs is 3. The Morgan fingerprint density at radius 3 is 2.13 bits per heavy atom. The second kappa shape index (κ2) is 10.1. The molecule has 3 N–H and O–H groups in total. The molecule has 1 unspecified atom stereocenters. The summed E-state index contributed by atoms with van der Waals surface area (Å²) in [6, 6.07) is 13.9. The van der Waals surface area contributed by atoms with Gasteiger partial charge in [-0.15, -0.1) is 0 Å². The first-order valence-electron chi connectivity index (χ1n) is 10.1. The van der Waals surface area contributed by atoms with E-state index >= 15 is 0 Å². The lowest BCUT2D eigenvalue weighted by atomic mass is 9.98. The summed E-state index contributed by atoms with van der Waals surface area (Å²) in [5, 5.41) is 14.0. The molecule has 8 heteroatoms. The maximum absolute atomic E-state index is 12.3. The lowest BCUT2D eigenvalue weighted by Crippen LogP contribution is -2.50. The number of amides is 2. The summed E-state index contributed by atoms with van der Waals surface area (Å²) in [7, 11) is 1.45. The Labute approximate surface area is 180 Å². The van der Waals surface area contributed by atoms with Gasteiger partial charge in [0.05, 0.1) is 0 Å². The highest BCUT2D eigenvalue weighted by atomic mass is 16.5. The van der Waals surface area contributed by atoms with Gasteiger partial charge in [-0.2, -0.15) is 0 Å². The number of methoxy groups -OCH3 is 1. The van der Waals surface area contributed by atoms with E-state index in [-0.39, 0.29) is 25.6 Å². The number of aliphatic carboxylic acids is 1. The summed E-state index contributed by atoms with van der Waals surface area (Å²) in [5.41, 5.74) is 4.42. The van der Waals surface area contributed by atoms with E-state index in [0.29, 0.717) is 0 Å². The van der Waals surface area contributed by atoms with Crippen molar-refractivity contribution in [2.75, 3.05) is 20.3 Å². The number of carbonyl (C=O) groups is 3. The summed E-state index contributed by atoms with van der Waals surface area (Å²) in [6.45, 7) is 1.78. The third-order valence-corrected chi connectivity index (χ3v) is 5.30. The number of ether oxygens (including phenoxy) is 2. The standard InChI is InChI=1S/C23H26N2O6/c1-14(21(26)25-20(22(27)28)11-12-30-2)24-23(29)31-13-19-17-9-5-3-7-15(17)16-8-4-6-10-18(16)19/h3-10,14,19-20H,11-13H2,1-2H3,(H,24,29)(H,25,26)(H,27,28)/t14-,20?/m0/s1. The van der Waals surface area contributed by atoms with Crippen molar-refractivity contribution in [1.82, 2.24) is 10.6 Å². The van der Waals surface area contributed by atoms with Crippen LogP contribution in [0, 0.1) is 0 Å². The summed E-state index contributed by atoms with van der Waals surface area (Å²) in [6.07, 6.45) is -0.622. The average Bonchev–Trinajstić information content (AvgIpc) is 3.08. The molecular weight excluding hydrogens is 400 g/mol. The van der Waals surface area contributed by atoms with Crippen LogP contribution < -0.4 is 10.6 Å². The smallest absolute Gasteiger partial charge is 0.407 e. The molecule has 3 rings (SSSR count). The van der Waals surface area contributed by atoms with Crippen LogP contribution >= 0.6 is 0 Å². The molecule has 0 heterocycles. The molecule has 0 fully saturated rings. The first-order chi connectivity index (χ1) is 14.9. The number of carbonyl (C=O) groups excluding carboxylic acids is 2.